The zero-order chi connectivity index (χ0) is 17.1. The highest BCUT2D eigenvalue weighted by molar-refractivity contribution is 5.76. The summed E-state index contributed by atoms with van der Waals surface area (Å²) in [5.74, 6) is 0.893. The zero-order valence-corrected chi connectivity index (χ0v) is 14.5. The van der Waals surface area contributed by atoms with Crippen LogP contribution in [0, 0.1) is 0 Å². The molecule has 0 amide bonds. The first-order valence-electron chi connectivity index (χ1n) is 8.19. The second-order valence-electron chi connectivity index (χ2n) is 6.10. The van der Waals surface area contributed by atoms with Crippen molar-refractivity contribution in [2.45, 2.75) is 13.0 Å². The van der Waals surface area contributed by atoms with E-state index in [0.717, 1.165) is 36.3 Å². The predicted octanol–water partition coefficient (Wildman–Crippen LogP) is 1.19. The second kappa shape index (κ2) is 6.93. The average Bonchev–Trinajstić information content (AvgIpc) is 2.83. The highest BCUT2D eigenvalue weighted by atomic mass is 16.5. The van der Waals surface area contributed by atoms with Gasteiger partial charge in [-0.1, -0.05) is 18.2 Å². The lowest BCUT2D eigenvalue weighted by atomic mass is 10.1. The first-order valence-corrected chi connectivity index (χ1v) is 8.19. The van der Waals surface area contributed by atoms with Gasteiger partial charge in [0.2, 0.25) is 0 Å². The minimum absolute atomic E-state index is 0.0191. The fourth-order valence-corrected chi connectivity index (χ4v) is 3.01. The maximum absolute atomic E-state index is 12.0. The Bertz CT molecular complexity index is 891. The van der Waals surface area contributed by atoms with Crippen LogP contribution in [0.2, 0.25) is 0 Å². The Morgan fingerprint density at radius 3 is 2.33 bits per heavy atom. The Morgan fingerprint density at radius 1 is 0.958 bits per heavy atom. The van der Waals surface area contributed by atoms with Gasteiger partial charge in [-0.15, -0.1) is 0 Å². The fraction of sp³-hybridized carbons (Fsp3) is 0.316. The number of methoxy groups -OCH3 is 1. The third kappa shape index (κ3) is 3.21. The van der Waals surface area contributed by atoms with Crippen molar-refractivity contribution in [3.63, 3.8) is 0 Å². The van der Waals surface area contributed by atoms with Crippen LogP contribution in [0.4, 0.5) is 0 Å². The predicted molar refractivity (Wildman–Crippen MR) is 95.4 cm³/mol. The van der Waals surface area contributed by atoms with Crippen LogP contribution >= 0.6 is 0 Å². The van der Waals surface area contributed by atoms with Crippen molar-refractivity contribution in [1.82, 2.24) is 9.13 Å². The van der Waals surface area contributed by atoms with Gasteiger partial charge in [0, 0.05) is 26.1 Å². The van der Waals surface area contributed by atoms with Crippen molar-refractivity contribution in [3.8, 4) is 5.75 Å². The lowest BCUT2D eigenvalue weighted by Gasteiger charge is -2.05. The summed E-state index contributed by atoms with van der Waals surface area (Å²) in [6.45, 7) is 1.94. The van der Waals surface area contributed by atoms with Crippen LogP contribution in [0.1, 0.15) is 11.1 Å². The van der Waals surface area contributed by atoms with Crippen molar-refractivity contribution in [2.75, 3.05) is 13.7 Å². The molecule has 3 rings (SSSR count). The minimum atomic E-state index is 0.0191. The van der Waals surface area contributed by atoms with E-state index in [0.29, 0.717) is 0 Å². The Hall–Kier alpha value is -2.53. The van der Waals surface area contributed by atoms with Crippen LogP contribution in [-0.4, -0.2) is 22.8 Å². The number of rotatable bonds is 6. The number of aromatic nitrogens is 2. The molecule has 126 valence electrons. The molecule has 24 heavy (non-hydrogen) atoms. The molecule has 0 aliphatic carbocycles. The van der Waals surface area contributed by atoms with E-state index >= 15 is 0 Å². The molecule has 0 saturated heterocycles. The van der Waals surface area contributed by atoms with Crippen molar-refractivity contribution in [1.29, 1.82) is 0 Å². The first kappa shape index (κ1) is 16.3. The van der Waals surface area contributed by atoms with Crippen LogP contribution in [0.15, 0.2) is 47.3 Å². The lowest BCUT2D eigenvalue weighted by molar-refractivity contribution is -0.670. The molecule has 0 radical (unpaired) electrons. The summed E-state index contributed by atoms with van der Waals surface area (Å²) in [5.41, 5.74) is 4.53. The third-order valence-corrected chi connectivity index (χ3v) is 4.51. The summed E-state index contributed by atoms with van der Waals surface area (Å²) in [6.07, 6.45) is 1.02. The molecule has 0 unspecified atom stereocenters. The molecular weight excluding hydrogens is 302 g/mol. The maximum Gasteiger partial charge on any atom is 0.328 e. The second-order valence-corrected chi connectivity index (χ2v) is 6.10. The van der Waals surface area contributed by atoms with Crippen LogP contribution < -0.4 is 15.7 Å². The fourth-order valence-electron chi connectivity index (χ4n) is 3.01. The molecule has 1 aromatic heterocycles. The SMILES string of the molecule is COc1ccc(CC[NH2+]Cc2ccc3c(c2)n(C)c(=O)n3C)cc1. The van der Waals surface area contributed by atoms with Crippen LogP contribution in [-0.2, 0) is 27.1 Å². The number of hydrogen-bond acceptors (Lipinski definition) is 2. The third-order valence-electron chi connectivity index (χ3n) is 4.51. The molecule has 5 heteroatoms. The van der Waals surface area contributed by atoms with E-state index in [9.17, 15) is 4.79 Å². The van der Waals surface area contributed by atoms with Crippen molar-refractivity contribution in [2.24, 2.45) is 14.1 Å². The molecule has 2 aromatic carbocycles. The van der Waals surface area contributed by atoms with E-state index in [1.165, 1.54) is 11.1 Å². The number of nitrogens with zero attached hydrogens (tertiary/aromatic N) is 2. The summed E-state index contributed by atoms with van der Waals surface area (Å²) >= 11 is 0. The number of aryl methyl sites for hydroxylation is 2. The molecule has 1 heterocycles. The van der Waals surface area contributed by atoms with Gasteiger partial charge >= 0.3 is 5.69 Å². The minimum Gasteiger partial charge on any atom is -0.497 e. The largest absolute Gasteiger partial charge is 0.497 e. The van der Waals surface area contributed by atoms with Gasteiger partial charge in [-0.2, -0.15) is 0 Å². The van der Waals surface area contributed by atoms with E-state index in [1.54, 1.807) is 16.2 Å². The Labute approximate surface area is 141 Å². The summed E-state index contributed by atoms with van der Waals surface area (Å²) in [7, 11) is 5.31. The average molecular weight is 326 g/mol. The maximum atomic E-state index is 12.0. The number of imidazole rings is 1. The molecule has 0 saturated carbocycles. The van der Waals surface area contributed by atoms with E-state index in [-0.39, 0.29) is 5.69 Å². The lowest BCUT2D eigenvalue weighted by Crippen LogP contribution is -2.83. The monoisotopic (exact) mass is 326 g/mol. The highest BCUT2D eigenvalue weighted by Gasteiger charge is 2.08. The van der Waals surface area contributed by atoms with E-state index in [2.05, 4.69) is 29.6 Å². The molecule has 3 aromatic rings. The normalized spacial score (nSPS) is 11.1. The van der Waals surface area contributed by atoms with Gasteiger partial charge in [0.25, 0.3) is 0 Å². The van der Waals surface area contributed by atoms with Crippen LogP contribution in [0.25, 0.3) is 11.0 Å². The van der Waals surface area contributed by atoms with Gasteiger partial charge in [-0.25, -0.2) is 4.79 Å². The molecule has 2 N–H and O–H groups in total. The van der Waals surface area contributed by atoms with Crippen molar-refractivity contribution in [3.05, 3.63) is 64.1 Å². The number of ether oxygens (including phenoxy) is 1. The van der Waals surface area contributed by atoms with Crippen molar-refractivity contribution >= 4 is 11.0 Å². The summed E-state index contributed by atoms with van der Waals surface area (Å²) in [4.78, 5) is 12.0. The quantitative estimate of drug-likeness (QED) is 0.692. The molecule has 0 atom stereocenters. The van der Waals surface area contributed by atoms with Crippen LogP contribution in [0.3, 0.4) is 0 Å². The van der Waals surface area contributed by atoms with Gasteiger partial charge in [-0.3, -0.25) is 9.13 Å². The summed E-state index contributed by atoms with van der Waals surface area (Å²) < 4.78 is 8.57. The highest BCUT2D eigenvalue weighted by Crippen LogP contribution is 2.13. The molecular formula is C19H24N3O2+. The molecule has 0 spiro atoms. The molecule has 0 fully saturated rings. The zero-order valence-electron chi connectivity index (χ0n) is 14.5. The van der Waals surface area contributed by atoms with Crippen LogP contribution in [0.5, 0.6) is 5.75 Å². The van der Waals surface area contributed by atoms with E-state index < -0.39 is 0 Å². The Kier molecular flexibility index (Phi) is 4.71. The number of nitrogens with two attached hydrogens (primary N) is 1. The topological polar surface area (TPSA) is 52.8 Å². The van der Waals surface area contributed by atoms with Gasteiger partial charge < -0.3 is 10.1 Å². The number of benzene rings is 2. The molecule has 5 nitrogen and oxygen atoms in total. The summed E-state index contributed by atoms with van der Waals surface area (Å²) in [6, 6.07) is 14.5. The van der Waals surface area contributed by atoms with E-state index in [1.807, 2.05) is 32.3 Å². The van der Waals surface area contributed by atoms with Crippen molar-refractivity contribution < 1.29 is 10.1 Å². The standard InChI is InChI=1S/C19H23N3O2/c1-21-17-9-6-15(12-18(17)22(2)19(21)23)13-20-11-10-14-4-7-16(24-3)8-5-14/h4-9,12,20H,10-11,13H2,1-3H3/p+1. The molecule has 0 aliphatic rings. The number of quaternary nitrogens is 1. The smallest absolute Gasteiger partial charge is 0.328 e. The van der Waals surface area contributed by atoms with Gasteiger partial charge in [0.05, 0.1) is 24.7 Å². The van der Waals surface area contributed by atoms with Gasteiger partial charge in [0.1, 0.15) is 12.3 Å². The van der Waals surface area contributed by atoms with Gasteiger partial charge in [0.15, 0.2) is 0 Å². The van der Waals surface area contributed by atoms with Gasteiger partial charge in [-0.05, 0) is 29.8 Å². The Morgan fingerprint density at radius 2 is 1.62 bits per heavy atom. The summed E-state index contributed by atoms with van der Waals surface area (Å²) in [5, 5.41) is 2.30. The molecule has 0 aliphatic heterocycles. The number of hydrogen-bond donors (Lipinski definition) is 1. The number of fused-ring (bicyclic) bond motifs is 1. The Balaban J connectivity index is 1.59. The van der Waals surface area contributed by atoms with E-state index in [4.69, 9.17) is 4.74 Å². The molecule has 0 bridgehead atoms. The first-order chi connectivity index (χ1) is 11.6.